The number of nitriles is 1. The number of amides is 1. The number of rotatable bonds is 3. The molecule has 1 N–H and O–H groups in total. The van der Waals surface area contributed by atoms with Gasteiger partial charge in [0.2, 0.25) is 5.91 Å². The summed E-state index contributed by atoms with van der Waals surface area (Å²) in [7, 11) is 0. The van der Waals surface area contributed by atoms with Gasteiger partial charge in [0, 0.05) is 5.38 Å². The third-order valence-corrected chi connectivity index (χ3v) is 2.92. The van der Waals surface area contributed by atoms with Crippen LogP contribution >= 0.6 is 11.3 Å². The Morgan fingerprint density at radius 3 is 2.93 bits per heavy atom. The summed E-state index contributed by atoms with van der Waals surface area (Å²) < 4.78 is 0. The van der Waals surface area contributed by atoms with Crippen molar-refractivity contribution < 1.29 is 4.79 Å². The second-order valence-electron chi connectivity index (χ2n) is 3.26. The minimum absolute atomic E-state index is 0.235. The van der Waals surface area contributed by atoms with Gasteiger partial charge in [0.25, 0.3) is 0 Å². The van der Waals surface area contributed by atoms with Crippen molar-refractivity contribution in [1.82, 2.24) is 0 Å². The van der Waals surface area contributed by atoms with E-state index < -0.39 is 5.41 Å². The van der Waals surface area contributed by atoms with Crippen molar-refractivity contribution >= 4 is 22.9 Å². The number of carbonyl (C=O) groups is 1. The molecule has 0 bridgehead atoms. The van der Waals surface area contributed by atoms with E-state index in [1.54, 1.807) is 6.92 Å². The summed E-state index contributed by atoms with van der Waals surface area (Å²) in [5, 5.41) is 15.3. The molecule has 0 saturated carbocycles. The van der Waals surface area contributed by atoms with Crippen molar-refractivity contribution in [3.05, 3.63) is 16.8 Å². The molecule has 3 nitrogen and oxygen atoms in total. The van der Waals surface area contributed by atoms with Crippen molar-refractivity contribution in [2.75, 3.05) is 5.32 Å². The van der Waals surface area contributed by atoms with Gasteiger partial charge >= 0.3 is 0 Å². The number of nitrogens with one attached hydrogen (secondary N) is 1. The molecule has 0 spiro atoms. The Kier molecular flexibility index (Phi) is 3.26. The highest BCUT2D eigenvalue weighted by atomic mass is 32.1. The Morgan fingerprint density at radius 2 is 2.50 bits per heavy atom. The van der Waals surface area contributed by atoms with Crippen molar-refractivity contribution in [3.8, 4) is 6.07 Å². The van der Waals surface area contributed by atoms with Gasteiger partial charge in [-0.05, 0) is 24.8 Å². The molecule has 0 aromatic carbocycles. The van der Waals surface area contributed by atoms with Crippen molar-refractivity contribution in [2.24, 2.45) is 5.41 Å². The zero-order valence-corrected chi connectivity index (χ0v) is 9.02. The van der Waals surface area contributed by atoms with Crippen LogP contribution < -0.4 is 5.32 Å². The molecule has 4 heteroatoms. The van der Waals surface area contributed by atoms with E-state index in [1.165, 1.54) is 11.3 Å². The van der Waals surface area contributed by atoms with Crippen LogP contribution in [0.2, 0.25) is 0 Å². The normalized spacial score (nSPS) is 14.1. The molecule has 74 valence electrons. The summed E-state index contributed by atoms with van der Waals surface area (Å²) in [5.74, 6) is -0.235. The van der Waals surface area contributed by atoms with Crippen LogP contribution in [-0.2, 0) is 4.79 Å². The summed E-state index contributed by atoms with van der Waals surface area (Å²) in [6, 6.07) is 3.85. The zero-order valence-electron chi connectivity index (χ0n) is 8.20. The van der Waals surface area contributed by atoms with Crippen molar-refractivity contribution in [2.45, 2.75) is 20.3 Å². The van der Waals surface area contributed by atoms with Gasteiger partial charge in [-0.15, -0.1) is 0 Å². The molecule has 1 aromatic rings. The molecule has 0 aliphatic heterocycles. The first-order valence-corrected chi connectivity index (χ1v) is 5.31. The average Bonchev–Trinajstić information content (AvgIpc) is 2.69. The van der Waals surface area contributed by atoms with E-state index in [2.05, 4.69) is 5.32 Å². The van der Waals surface area contributed by atoms with Crippen LogP contribution in [0.15, 0.2) is 16.8 Å². The van der Waals surface area contributed by atoms with E-state index in [0.29, 0.717) is 6.42 Å². The fraction of sp³-hybridized carbons (Fsp3) is 0.400. The minimum atomic E-state index is -0.929. The maximum absolute atomic E-state index is 11.7. The molecule has 0 radical (unpaired) electrons. The van der Waals surface area contributed by atoms with Gasteiger partial charge in [0.15, 0.2) is 0 Å². The number of nitrogens with zero attached hydrogens (tertiary/aromatic N) is 1. The van der Waals surface area contributed by atoms with Crippen LogP contribution in [0.25, 0.3) is 0 Å². The fourth-order valence-corrected chi connectivity index (χ4v) is 1.48. The molecule has 1 amide bonds. The Bertz CT molecular complexity index is 353. The Labute approximate surface area is 87.4 Å². The molecule has 1 heterocycles. The highest BCUT2D eigenvalue weighted by Gasteiger charge is 2.31. The van der Waals surface area contributed by atoms with E-state index in [-0.39, 0.29) is 5.91 Å². The number of carbonyl (C=O) groups excluding carboxylic acids is 1. The van der Waals surface area contributed by atoms with Crippen molar-refractivity contribution in [1.29, 1.82) is 5.26 Å². The molecular weight excluding hydrogens is 196 g/mol. The lowest BCUT2D eigenvalue weighted by atomic mass is 9.88. The van der Waals surface area contributed by atoms with E-state index in [4.69, 9.17) is 5.26 Å². The highest BCUT2D eigenvalue weighted by Crippen LogP contribution is 2.23. The number of thiophene rings is 1. The average molecular weight is 208 g/mol. The summed E-state index contributed by atoms with van der Waals surface area (Å²) >= 11 is 1.51. The van der Waals surface area contributed by atoms with E-state index in [1.807, 2.05) is 29.8 Å². The van der Waals surface area contributed by atoms with E-state index in [9.17, 15) is 4.79 Å². The maximum Gasteiger partial charge on any atom is 0.244 e. The molecule has 0 fully saturated rings. The second-order valence-corrected chi connectivity index (χ2v) is 4.04. The predicted molar refractivity (Wildman–Crippen MR) is 57.0 cm³/mol. The third kappa shape index (κ3) is 2.12. The Balaban J connectivity index is 2.72. The van der Waals surface area contributed by atoms with Gasteiger partial charge in [-0.25, -0.2) is 0 Å². The molecule has 1 unspecified atom stereocenters. The first kappa shape index (κ1) is 10.7. The molecule has 1 atom stereocenters. The van der Waals surface area contributed by atoms with Crippen LogP contribution in [-0.4, -0.2) is 5.91 Å². The van der Waals surface area contributed by atoms with Gasteiger partial charge in [-0.1, -0.05) is 6.92 Å². The van der Waals surface area contributed by atoms with Crippen LogP contribution in [0.5, 0.6) is 0 Å². The molecule has 14 heavy (non-hydrogen) atoms. The standard InChI is InChI=1S/C10H12N2OS/c1-3-10(2,7-11)9(13)12-8-4-5-14-6-8/h4-6H,3H2,1-2H3,(H,12,13). The lowest BCUT2D eigenvalue weighted by molar-refractivity contribution is -0.122. The molecule has 1 aromatic heterocycles. The van der Waals surface area contributed by atoms with Gasteiger partial charge < -0.3 is 5.32 Å². The predicted octanol–water partition coefficient (Wildman–Crippen LogP) is 2.63. The van der Waals surface area contributed by atoms with E-state index in [0.717, 1.165) is 5.69 Å². The summed E-state index contributed by atoms with van der Waals surface area (Å²) in [6.07, 6.45) is 0.513. The topological polar surface area (TPSA) is 52.9 Å². The largest absolute Gasteiger partial charge is 0.324 e. The SMILES string of the molecule is CCC(C)(C#N)C(=O)Nc1ccsc1. The summed E-state index contributed by atoms with van der Waals surface area (Å²) in [5.41, 5.74) is -0.169. The smallest absolute Gasteiger partial charge is 0.244 e. The monoisotopic (exact) mass is 208 g/mol. The molecular formula is C10H12N2OS. The van der Waals surface area contributed by atoms with Crippen molar-refractivity contribution in [3.63, 3.8) is 0 Å². The van der Waals surface area contributed by atoms with Crippen LogP contribution in [0.1, 0.15) is 20.3 Å². The molecule has 0 saturated heterocycles. The first-order chi connectivity index (χ1) is 6.62. The third-order valence-electron chi connectivity index (χ3n) is 2.23. The van der Waals surface area contributed by atoms with Gasteiger partial charge in [-0.3, -0.25) is 4.79 Å². The molecule has 0 aliphatic rings. The number of hydrogen-bond donors (Lipinski definition) is 1. The van der Waals surface area contributed by atoms with Gasteiger partial charge in [-0.2, -0.15) is 16.6 Å². The van der Waals surface area contributed by atoms with Crippen LogP contribution in [0.4, 0.5) is 5.69 Å². The number of anilines is 1. The quantitative estimate of drug-likeness (QED) is 0.830. The fourth-order valence-electron chi connectivity index (χ4n) is 0.895. The van der Waals surface area contributed by atoms with E-state index >= 15 is 0 Å². The van der Waals surface area contributed by atoms with Gasteiger partial charge in [0.05, 0.1) is 11.8 Å². The second kappa shape index (κ2) is 4.25. The molecule has 1 rings (SSSR count). The number of hydrogen-bond acceptors (Lipinski definition) is 3. The molecule has 0 aliphatic carbocycles. The van der Waals surface area contributed by atoms with Gasteiger partial charge in [0.1, 0.15) is 5.41 Å². The maximum atomic E-state index is 11.7. The lowest BCUT2D eigenvalue weighted by Crippen LogP contribution is -2.31. The van der Waals surface area contributed by atoms with Crippen LogP contribution in [0, 0.1) is 16.7 Å². The van der Waals surface area contributed by atoms with Crippen LogP contribution in [0.3, 0.4) is 0 Å². The lowest BCUT2D eigenvalue weighted by Gasteiger charge is -2.17. The first-order valence-electron chi connectivity index (χ1n) is 4.37. The Morgan fingerprint density at radius 1 is 1.79 bits per heavy atom. The minimum Gasteiger partial charge on any atom is -0.324 e. The summed E-state index contributed by atoms with van der Waals surface area (Å²) in [4.78, 5) is 11.7. The summed E-state index contributed by atoms with van der Waals surface area (Å²) in [6.45, 7) is 3.48. The zero-order chi connectivity index (χ0) is 10.6. The highest BCUT2D eigenvalue weighted by molar-refractivity contribution is 7.08. The Hall–Kier alpha value is -1.34.